The monoisotopic (exact) mass is 474 g/mol. The van der Waals surface area contributed by atoms with Gasteiger partial charge in [0.25, 0.3) is 0 Å². The van der Waals surface area contributed by atoms with Crippen molar-refractivity contribution in [1.29, 1.82) is 0 Å². The molecule has 3 rings (SSSR count). The van der Waals surface area contributed by atoms with Crippen LogP contribution in [0.1, 0.15) is 10.4 Å². The molecular formula is C23H26N2O7S. The van der Waals surface area contributed by atoms with Crippen molar-refractivity contribution < 1.29 is 33.0 Å². The Balaban J connectivity index is 0.000000414. The number of ketones is 1. The van der Waals surface area contributed by atoms with Crippen LogP contribution >= 0.6 is 0 Å². The van der Waals surface area contributed by atoms with Crippen molar-refractivity contribution in [3.63, 3.8) is 0 Å². The van der Waals surface area contributed by atoms with Gasteiger partial charge in [-0.3, -0.25) is 9.69 Å². The SMILES string of the molecule is CS(=O)(=O)c1ccc(C(=O)CN2CCN(c3ccccc3)CC2)cc1.O=C(O)C=CC(=O)O. The second-order valence-electron chi connectivity index (χ2n) is 7.33. The molecule has 2 aromatic rings. The Hall–Kier alpha value is -3.50. The Morgan fingerprint density at radius 2 is 1.36 bits per heavy atom. The van der Waals surface area contributed by atoms with E-state index in [1.165, 1.54) is 17.8 Å². The highest BCUT2D eigenvalue weighted by molar-refractivity contribution is 7.90. The molecule has 2 aromatic carbocycles. The van der Waals surface area contributed by atoms with Crippen LogP contribution in [0.5, 0.6) is 0 Å². The van der Waals surface area contributed by atoms with Crippen molar-refractivity contribution in [2.45, 2.75) is 4.90 Å². The van der Waals surface area contributed by atoms with Crippen LogP contribution in [0, 0.1) is 0 Å². The summed E-state index contributed by atoms with van der Waals surface area (Å²) >= 11 is 0. The van der Waals surface area contributed by atoms with Crippen molar-refractivity contribution in [3.05, 3.63) is 72.3 Å². The van der Waals surface area contributed by atoms with E-state index in [2.05, 4.69) is 21.9 Å². The zero-order chi connectivity index (χ0) is 24.4. The lowest BCUT2D eigenvalue weighted by molar-refractivity contribution is -0.134. The number of carbonyl (C=O) groups is 3. The Bertz CT molecular complexity index is 1070. The van der Waals surface area contributed by atoms with Gasteiger partial charge in [0, 0.05) is 55.8 Å². The zero-order valence-electron chi connectivity index (χ0n) is 18.1. The molecule has 1 fully saturated rings. The third kappa shape index (κ3) is 8.87. The highest BCUT2D eigenvalue weighted by Crippen LogP contribution is 2.16. The minimum atomic E-state index is -3.23. The number of anilines is 1. The summed E-state index contributed by atoms with van der Waals surface area (Å²) in [6, 6.07) is 16.5. The van der Waals surface area contributed by atoms with E-state index >= 15 is 0 Å². The third-order valence-electron chi connectivity index (χ3n) is 4.83. The third-order valence-corrected chi connectivity index (χ3v) is 5.96. The number of rotatable bonds is 7. The summed E-state index contributed by atoms with van der Waals surface area (Å²) in [5, 5.41) is 15.6. The molecule has 33 heavy (non-hydrogen) atoms. The second kappa shape index (κ2) is 11.9. The molecule has 0 atom stereocenters. The maximum atomic E-state index is 12.4. The molecule has 1 aliphatic heterocycles. The van der Waals surface area contributed by atoms with Gasteiger partial charge in [0.1, 0.15) is 0 Å². The number of hydrogen-bond acceptors (Lipinski definition) is 7. The summed E-state index contributed by atoms with van der Waals surface area (Å²) in [6.45, 7) is 3.82. The molecule has 0 unspecified atom stereocenters. The summed E-state index contributed by atoms with van der Waals surface area (Å²) in [4.78, 5) is 36.2. The van der Waals surface area contributed by atoms with E-state index in [4.69, 9.17) is 10.2 Å². The largest absolute Gasteiger partial charge is 0.478 e. The topological polar surface area (TPSA) is 132 Å². The van der Waals surface area contributed by atoms with Crippen LogP contribution in [0.4, 0.5) is 5.69 Å². The number of sulfone groups is 1. The number of carboxylic acids is 2. The average molecular weight is 475 g/mol. The Kier molecular flexibility index (Phi) is 9.31. The van der Waals surface area contributed by atoms with Crippen LogP contribution < -0.4 is 4.90 Å². The molecule has 2 N–H and O–H groups in total. The van der Waals surface area contributed by atoms with Gasteiger partial charge in [-0.05, 0) is 24.3 Å². The highest BCUT2D eigenvalue weighted by Gasteiger charge is 2.20. The first-order valence-electron chi connectivity index (χ1n) is 10.1. The molecule has 0 saturated carbocycles. The number of carboxylic acid groups (broad SMARTS) is 2. The zero-order valence-corrected chi connectivity index (χ0v) is 18.9. The van der Waals surface area contributed by atoms with Gasteiger partial charge >= 0.3 is 11.9 Å². The van der Waals surface area contributed by atoms with Gasteiger partial charge in [-0.1, -0.05) is 30.3 Å². The summed E-state index contributed by atoms with van der Waals surface area (Å²) in [7, 11) is -3.23. The van der Waals surface area contributed by atoms with Gasteiger partial charge in [0.2, 0.25) is 0 Å². The lowest BCUT2D eigenvalue weighted by Gasteiger charge is -2.35. The Morgan fingerprint density at radius 1 is 0.848 bits per heavy atom. The first-order chi connectivity index (χ1) is 15.6. The quantitative estimate of drug-likeness (QED) is 0.455. The average Bonchev–Trinajstić information content (AvgIpc) is 2.79. The molecule has 9 nitrogen and oxygen atoms in total. The molecule has 1 heterocycles. The maximum absolute atomic E-state index is 12.4. The summed E-state index contributed by atoms with van der Waals surface area (Å²) in [5.41, 5.74) is 1.77. The Labute approximate surface area is 192 Å². The lowest BCUT2D eigenvalue weighted by Crippen LogP contribution is -2.48. The first-order valence-corrected chi connectivity index (χ1v) is 11.9. The van der Waals surface area contributed by atoms with Crippen molar-refractivity contribution in [2.75, 3.05) is 43.9 Å². The predicted octanol–water partition coefficient (Wildman–Crippen LogP) is 1.81. The molecule has 0 spiro atoms. The summed E-state index contributed by atoms with van der Waals surface area (Å²) in [6.07, 6.45) is 2.28. The van der Waals surface area contributed by atoms with Crippen molar-refractivity contribution >= 4 is 33.2 Å². The minimum absolute atomic E-state index is 0.0215. The normalized spacial score (nSPS) is 14.4. The maximum Gasteiger partial charge on any atom is 0.328 e. The number of benzene rings is 2. The molecule has 0 bridgehead atoms. The first kappa shape index (κ1) is 25.8. The second-order valence-corrected chi connectivity index (χ2v) is 9.34. The minimum Gasteiger partial charge on any atom is -0.478 e. The highest BCUT2D eigenvalue weighted by atomic mass is 32.2. The predicted molar refractivity (Wildman–Crippen MR) is 123 cm³/mol. The van der Waals surface area contributed by atoms with Gasteiger partial charge < -0.3 is 15.1 Å². The number of para-hydroxylation sites is 1. The van der Waals surface area contributed by atoms with E-state index < -0.39 is 21.8 Å². The van der Waals surface area contributed by atoms with Crippen LogP contribution in [0.25, 0.3) is 0 Å². The van der Waals surface area contributed by atoms with Gasteiger partial charge in [-0.25, -0.2) is 18.0 Å². The smallest absolute Gasteiger partial charge is 0.328 e. The number of piperazine rings is 1. The van der Waals surface area contributed by atoms with E-state index in [1.54, 1.807) is 12.1 Å². The van der Waals surface area contributed by atoms with E-state index in [-0.39, 0.29) is 10.7 Å². The van der Waals surface area contributed by atoms with E-state index in [1.807, 2.05) is 18.2 Å². The number of Topliss-reactive ketones (excluding diaryl/α,β-unsaturated/α-hetero) is 1. The molecule has 1 saturated heterocycles. The lowest BCUT2D eigenvalue weighted by atomic mass is 10.1. The van der Waals surface area contributed by atoms with Gasteiger partial charge in [-0.2, -0.15) is 0 Å². The number of hydrogen-bond donors (Lipinski definition) is 2. The molecular weight excluding hydrogens is 448 g/mol. The molecule has 1 aliphatic rings. The van der Waals surface area contributed by atoms with Gasteiger partial charge in [-0.15, -0.1) is 0 Å². The fourth-order valence-corrected chi connectivity index (χ4v) is 3.76. The van der Waals surface area contributed by atoms with Crippen LogP contribution in [-0.2, 0) is 19.4 Å². The molecule has 0 amide bonds. The van der Waals surface area contributed by atoms with Crippen LogP contribution in [0.3, 0.4) is 0 Å². The standard InChI is InChI=1S/C19H22N2O3S.C4H4O4/c1-25(23,24)18-9-7-16(8-10-18)19(22)15-20-11-13-21(14-12-20)17-5-3-2-4-6-17;5-3(6)1-2-4(7)8/h2-10H,11-15H2,1H3;1-2H,(H,5,6)(H,7,8). The van der Waals surface area contributed by atoms with Crippen LogP contribution in [-0.4, -0.2) is 80.2 Å². The van der Waals surface area contributed by atoms with Gasteiger partial charge in [0.15, 0.2) is 15.6 Å². The van der Waals surface area contributed by atoms with E-state index in [0.717, 1.165) is 32.4 Å². The fourth-order valence-electron chi connectivity index (χ4n) is 3.13. The van der Waals surface area contributed by atoms with Crippen molar-refractivity contribution in [1.82, 2.24) is 4.90 Å². The molecule has 0 radical (unpaired) electrons. The van der Waals surface area contributed by atoms with E-state index in [9.17, 15) is 22.8 Å². The van der Waals surface area contributed by atoms with Crippen molar-refractivity contribution in [3.8, 4) is 0 Å². The summed E-state index contributed by atoms with van der Waals surface area (Å²) < 4.78 is 23.0. The van der Waals surface area contributed by atoms with Crippen LogP contribution in [0.15, 0.2) is 71.6 Å². The summed E-state index contributed by atoms with van der Waals surface area (Å²) in [5.74, 6) is -2.49. The molecule has 10 heteroatoms. The molecule has 0 aliphatic carbocycles. The number of aliphatic carboxylic acids is 2. The van der Waals surface area contributed by atoms with E-state index in [0.29, 0.717) is 24.3 Å². The number of carbonyl (C=O) groups excluding carboxylic acids is 1. The van der Waals surface area contributed by atoms with Crippen molar-refractivity contribution in [2.24, 2.45) is 0 Å². The molecule has 176 valence electrons. The fraction of sp³-hybridized carbons (Fsp3) is 0.261. The van der Waals surface area contributed by atoms with Crippen LogP contribution in [0.2, 0.25) is 0 Å². The van der Waals surface area contributed by atoms with Gasteiger partial charge in [0.05, 0.1) is 11.4 Å². The molecule has 0 aromatic heterocycles. The Morgan fingerprint density at radius 3 is 1.82 bits per heavy atom. The number of nitrogens with zero attached hydrogens (tertiary/aromatic N) is 2.